The number of carbonyl (C=O) groups is 1. The lowest BCUT2D eigenvalue weighted by molar-refractivity contribution is -0.384. The van der Waals surface area contributed by atoms with E-state index in [0.717, 1.165) is 11.3 Å². The Labute approximate surface area is 153 Å². The topological polar surface area (TPSA) is 98.3 Å². The molecule has 0 fully saturated rings. The lowest BCUT2D eigenvalue weighted by Crippen LogP contribution is -2.14. The molecule has 0 atom stereocenters. The van der Waals surface area contributed by atoms with Gasteiger partial charge in [0, 0.05) is 29.1 Å². The molecule has 1 amide bonds. The summed E-state index contributed by atoms with van der Waals surface area (Å²) in [5, 5.41) is 13.3. The highest BCUT2D eigenvalue weighted by Crippen LogP contribution is 2.21. The summed E-state index contributed by atoms with van der Waals surface area (Å²) in [5.74, 6) is 1.15. The Morgan fingerprint density at radius 3 is 2.58 bits per heavy atom. The van der Waals surface area contributed by atoms with Crippen LogP contribution in [0.25, 0.3) is 11.5 Å². The molecule has 0 saturated heterocycles. The molecule has 0 radical (unpaired) electrons. The molecule has 0 aliphatic carbocycles. The van der Waals surface area contributed by atoms with Gasteiger partial charge in [0.2, 0.25) is 11.8 Å². The van der Waals surface area contributed by atoms with Crippen LogP contribution in [-0.4, -0.2) is 21.6 Å². The van der Waals surface area contributed by atoms with Crippen LogP contribution >= 0.6 is 11.8 Å². The summed E-state index contributed by atoms with van der Waals surface area (Å²) in [6.07, 6.45) is 1.59. The van der Waals surface area contributed by atoms with E-state index in [9.17, 15) is 14.9 Å². The standard InChI is InChI=1S/C18H15N3O4S/c22-17(19-14-6-8-16(9-7-14)21(23)24)12-26-11-15-10-25-18(20-15)13-4-2-1-3-5-13/h1-10H,11-12H2,(H,19,22). The SMILES string of the molecule is O=C(CSCc1coc(-c2ccccc2)n1)Nc1ccc([N+](=O)[O-])cc1. The third-order valence-electron chi connectivity index (χ3n) is 3.42. The monoisotopic (exact) mass is 369 g/mol. The maximum absolute atomic E-state index is 11.9. The van der Waals surface area contributed by atoms with Crippen molar-refractivity contribution in [1.29, 1.82) is 0 Å². The van der Waals surface area contributed by atoms with E-state index in [2.05, 4.69) is 10.3 Å². The number of anilines is 1. The molecule has 3 rings (SSSR count). The zero-order valence-electron chi connectivity index (χ0n) is 13.6. The van der Waals surface area contributed by atoms with Crippen LogP contribution in [0.3, 0.4) is 0 Å². The van der Waals surface area contributed by atoms with E-state index in [1.807, 2.05) is 30.3 Å². The van der Waals surface area contributed by atoms with Crippen LogP contribution in [0.5, 0.6) is 0 Å². The van der Waals surface area contributed by atoms with Gasteiger partial charge < -0.3 is 9.73 Å². The van der Waals surface area contributed by atoms with E-state index in [0.29, 0.717) is 17.3 Å². The number of amides is 1. The number of rotatable bonds is 7. The van der Waals surface area contributed by atoms with E-state index in [1.54, 1.807) is 6.26 Å². The second kappa shape index (κ2) is 8.30. The number of non-ortho nitro benzene ring substituents is 1. The van der Waals surface area contributed by atoms with Crippen LogP contribution in [0, 0.1) is 10.1 Å². The van der Waals surface area contributed by atoms with Gasteiger partial charge in [-0.3, -0.25) is 14.9 Å². The molecule has 0 aliphatic rings. The average Bonchev–Trinajstić information content (AvgIpc) is 3.12. The molecule has 1 N–H and O–H groups in total. The normalized spacial score (nSPS) is 10.5. The molecule has 3 aromatic rings. The lowest BCUT2D eigenvalue weighted by Gasteiger charge is -2.04. The summed E-state index contributed by atoms with van der Waals surface area (Å²) in [4.78, 5) is 26.5. The zero-order chi connectivity index (χ0) is 18.4. The van der Waals surface area contributed by atoms with Crippen LogP contribution in [0.2, 0.25) is 0 Å². The summed E-state index contributed by atoms with van der Waals surface area (Å²) in [6.45, 7) is 0. The highest BCUT2D eigenvalue weighted by atomic mass is 32.2. The number of oxazole rings is 1. The molecule has 2 aromatic carbocycles. The van der Waals surface area contributed by atoms with Crippen molar-refractivity contribution < 1.29 is 14.1 Å². The van der Waals surface area contributed by atoms with Gasteiger partial charge in [-0.1, -0.05) is 18.2 Å². The molecule has 1 heterocycles. The molecule has 0 saturated carbocycles. The first-order chi connectivity index (χ1) is 12.6. The second-order valence-electron chi connectivity index (χ2n) is 5.35. The van der Waals surface area contributed by atoms with Crippen molar-refractivity contribution in [2.24, 2.45) is 0 Å². The van der Waals surface area contributed by atoms with Gasteiger partial charge in [0.1, 0.15) is 6.26 Å². The number of nitrogens with zero attached hydrogens (tertiary/aromatic N) is 2. The van der Waals surface area contributed by atoms with Gasteiger partial charge in [0.25, 0.3) is 5.69 Å². The smallest absolute Gasteiger partial charge is 0.269 e. The number of nitro groups is 1. The minimum Gasteiger partial charge on any atom is -0.444 e. The number of thioether (sulfide) groups is 1. The van der Waals surface area contributed by atoms with E-state index in [-0.39, 0.29) is 17.3 Å². The summed E-state index contributed by atoms with van der Waals surface area (Å²) in [7, 11) is 0. The molecule has 0 spiro atoms. The number of benzene rings is 2. The summed E-state index contributed by atoms with van der Waals surface area (Å²) >= 11 is 1.41. The summed E-state index contributed by atoms with van der Waals surface area (Å²) in [5.41, 5.74) is 2.17. The van der Waals surface area contributed by atoms with Gasteiger partial charge >= 0.3 is 0 Å². The number of aromatic nitrogens is 1. The molecule has 26 heavy (non-hydrogen) atoms. The number of carbonyl (C=O) groups excluding carboxylic acids is 1. The van der Waals surface area contributed by atoms with E-state index in [1.165, 1.54) is 36.0 Å². The van der Waals surface area contributed by atoms with Crippen molar-refractivity contribution in [3.8, 4) is 11.5 Å². The van der Waals surface area contributed by atoms with Crippen LogP contribution in [0.4, 0.5) is 11.4 Å². The minimum atomic E-state index is -0.483. The highest BCUT2D eigenvalue weighted by Gasteiger charge is 2.09. The van der Waals surface area contributed by atoms with Gasteiger partial charge in [-0.2, -0.15) is 0 Å². The van der Waals surface area contributed by atoms with E-state index < -0.39 is 4.92 Å². The van der Waals surface area contributed by atoms with Gasteiger partial charge in [-0.15, -0.1) is 11.8 Å². The molecule has 7 nitrogen and oxygen atoms in total. The van der Waals surface area contributed by atoms with Crippen molar-refractivity contribution in [3.63, 3.8) is 0 Å². The third-order valence-corrected chi connectivity index (χ3v) is 4.38. The predicted octanol–water partition coefficient (Wildman–Crippen LogP) is 4.12. The van der Waals surface area contributed by atoms with Gasteiger partial charge in [-0.25, -0.2) is 4.98 Å². The number of nitro benzene ring substituents is 1. The van der Waals surface area contributed by atoms with Crippen LogP contribution in [0.1, 0.15) is 5.69 Å². The summed E-state index contributed by atoms with van der Waals surface area (Å²) in [6, 6.07) is 15.3. The molecule has 8 heteroatoms. The fourth-order valence-electron chi connectivity index (χ4n) is 2.20. The molecular formula is C18H15N3O4S. The molecule has 0 unspecified atom stereocenters. The quantitative estimate of drug-likeness (QED) is 0.497. The Balaban J connectivity index is 1.46. The Hall–Kier alpha value is -3.13. The molecule has 132 valence electrons. The Kier molecular flexibility index (Phi) is 5.65. The average molecular weight is 369 g/mol. The lowest BCUT2D eigenvalue weighted by atomic mass is 10.2. The van der Waals surface area contributed by atoms with Gasteiger partial charge in [-0.05, 0) is 24.3 Å². The van der Waals surface area contributed by atoms with Crippen LogP contribution in [-0.2, 0) is 10.5 Å². The largest absolute Gasteiger partial charge is 0.444 e. The van der Waals surface area contributed by atoms with Crippen LogP contribution < -0.4 is 5.32 Å². The molecule has 0 aliphatic heterocycles. The van der Waals surface area contributed by atoms with E-state index in [4.69, 9.17) is 4.42 Å². The molecular weight excluding hydrogens is 354 g/mol. The highest BCUT2D eigenvalue weighted by molar-refractivity contribution is 7.99. The Morgan fingerprint density at radius 1 is 1.15 bits per heavy atom. The predicted molar refractivity (Wildman–Crippen MR) is 99.8 cm³/mol. The Bertz CT molecular complexity index is 894. The van der Waals surface area contributed by atoms with Crippen molar-refractivity contribution >= 4 is 29.0 Å². The second-order valence-corrected chi connectivity index (χ2v) is 6.34. The van der Waals surface area contributed by atoms with Crippen molar-refractivity contribution in [2.45, 2.75) is 5.75 Å². The number of hydrogen-bond acceptors (Lipinski definition) is 6. The minimum absolute atomic E-state index is 0.0161. The first-order valence-electron chi connectivity index (χ1n) is 7.74. The maximum Gasteiger partial charge on any atom is 0.269 e. The van der Waals surface area contributed by atoms with E-state index >= 15 is 0 Å². The Morgan fingerprint density at radius 2 is 1.88 bits per heavy atom. The first kappa shape index (κ1) is 17.7. The third kappa shape index (κ3) is 4.70. The maximum atomic E-state index is 11.9. The zero-order valence-corrected chi connectivity index (χ0v) is 14.4. The van der Waals surface area contributed by atoms with Crippen molar-refractivity contribution in [3.05, 3.63) is 76.7 Å². The fraction of sp³-hybridized carbons (Fsp3) is 0.111. The first-order valence-corrected chi connectivity index (χ1v) is 8.89. The van der Waals surface area contributed by atoms with Gasteiger partial charge in [0.05, 0.1) is 16.4 Å². The summed E-state index contributed by atoms with van der Waals surface area (Å²) < 4.78 is 5.45. The van der Waals surface area contributed by atoms with Crippen molar-refractivity contribution in [2.75, 3.05) is 11.1 Å². The van der Waals surface area contributed by atoms with Crippen molar-refractivity contribution in [1.82, 2.24) is 4.98 Å². The molecule has 1 aromatic heterocycles. The number of nitrogens with one attached hydrogen (secondary N) is 1. The van der Waals surface area contributed by atoms with Gasteiger partial charge in [0.15, 0.2) is 0 Å². The van der Waals surface area contributed by atoms with Crippen LogP contribution in [0.15, 0.2) is 65.3 Å². The molecule has 0 bridgehead atoms. The fourth-order valence-corrected chi connectivity index (χ4v) is 2.90. The number of hydrogen-bond donors (Lipinski definition) is 1.